The van der Waals surface area contributed by atoms with E-state index in [9.17, 15) is 9.90 Å². The molecule has 0 radical (unpaired) electrons. The fraction of sp³-hybridized carbons (Fsp3) is 0.222. The summed E-state index contributed by atoms with van der Waals surface area (Å²) in [5.41, 5.74) is 5.24. The van der Waals surface area contributed by atoms with Gasteiger partial charge >= 0.3 is 5.97 Å². The highest BCUT2D eigenvalue weighted by atomic mass is 16.4. The van der Waals surface area contributed by atoms with E-state index in [2.05, 4.69) is 22.5 Å². The van der Waals surface area contributed by atoms with E-state index in [1.165, 1.54) is 0 Å². The van der Waals surface area contributed by atoms with Gasteiger partial charge in [-0.2, -0.15) is 0 Å². The van der Waals surface area contributed by atoms with Crippen molar-refractivity contribution in [3.05, 3.63) is 58.8 Å². The van der Waals surface area contributed by atoms with Crippen molar-refractivity contribution in [3.63, 3.8) is 0 Å². The Kier molecular flexibility index (Phi) is 3.45. The Morgan fingerprint density at radius 3 is 2.73 bits per heavy atom. The van der Waals surface area contributed by atoms with Crippen molar-refractivity contribution in [1.82, 2.24) is 4.57 Å². The van der Waals surface area contributed by atoms with Crippen LogP contribution in [-0.4, -0.2) is 28.4 Å². The number of carboxylic acid groups (broad SMARTS) is 1. The summed E-state index contributed by atoms with van der Waals surface area (Å²) >= 11 is 0. The summed E-state index contributed by atoms with van der Waals surface area (Å²) in [7, 11) is 1.75. The van der Waals surface area contributed by atoms with E-state index in [1.807, 2.05) is 31.2 Å². The molecule has 0 saturated carbocycles. The van der Waals surface area contributed by atoms with E-state index >= 15 is 0 Å². The van der Waals surface area contributed by atoms with E-state index in [0.717, 1.165) is 33.4 Å². The van der Waals surface area contributed by atoms with Crippen LogP contribution in [0.25, 0.3) is 10.9 Å². The number of hydrogen-bond acceptors (Lipinski definition) is 2. The van der Waals surface area contributed by atoms with Crippen molar-refractivity contribution >= 4 is 22.6 Å². The van der Waals surface area contributed by atoms with Gasteiger partial charge < -0.3 is 9.67 Å². The second-order valence-corrected chi connectivity index (χ2v) is 5.37. The van der Waals surface area contributed by atoms with Crippen LogP contribution in [0.5, 0.6) is 0 Å². The third-order valence-corrected chi connectivity index (χ3v) is 4.19. The Hall–Kier alpha value is -2.62. The maximum absolute atomic E-state index is 11.6. The number of carboxylic acids is 1. The smallest absolute Gasteiger partial charge is 0.333 e. The molecule has 1 aromatic heterocycles. The lowest BCUT2D eigenvalue weighted by Crippen LogP contribution is -2.12. The number of allylic oxidation sites excluding steroid dienone is 3. The van der Waals surface area contributed by atoms with E-state index in [4.69, 9.17) is 0 Å². The van der Waals surface area contributed by atoms with Crippen molar-refractivity contribution in [2.24, 2.45) is 4.99 Å². The molecule has 0 aliphatic carbocycles. The number of para-hydroxylation sites is 1. The molecule has 0 saturated heterocycles. The van der Waals surface area contributed by atoms with Gasteiger partial charge in [0, 0.05) is 18.0 Å². The minimum Gasteiger partial charge on any atom is -0.478 e. The standard InChI is InChI=1S/C18H18N2O2/c1-4-12-9-13(18(21)22)10-20-15-8-6-5-7-14(15)11(2)17(20)16(12)19-3/h4-9H,10H2,1-3H3,(H,21,22)/b12-4-,19-16?. The molecule has 3 rings (SSSR count). The van der Waals surface area contributed by atoms with Crippen LogP contribution in [0.4, 0.5) is 0 Å². The van der Waals surface area contributed by atoms with Crippen molar-refractivity contribution in [3.8, 4) is 0 Å². The van der Waals surface area contributed by atoms with Gasteiger partial charge in [0.25, 0.3) is 0 Å². The average molecular weight is 294 g/mol. The molecule has 0 bridgehead atoms. The SMILES string of the molecule is C/C=C1/C=C(C(=O)O)Cn2c(c(C)c3ccccc32)C1=NC. The number of rotatable bonds is 1. The van der Waals surface area contributed by atoms with Gasteiger partial charge in [-0.15, -0.1) is 0 Å². The summed E-state index contributed by atoms with van der Waals surface area (Å²) in [6.07, 6.45) is 3.64. The van der Waals surface area contributed by atoms with Gasteiger partial charge in [-0.25, -0.2) is 4.79 Å². The predicted molar refractivity (Wildman–Crippen MR) is 88.6 cm³/mol. The number of hydrogen-bond donors (Lipinski definition) is 1. The van der Waals surface area contributed by atoms with Crippen LogP contribution in [0, 0.1) is 6.92 Å². The molecule has 4 nitrogen and oxygen atoms in total. The second-order valence-electron chi connectivity index (χ2n) is 5.37. The average Bonchev–Trinajstić information content (AvgIpc) is 2.70. The number of aromatic nitrogens is 1. The quantitative estimate of drug-likeness (QED) is 0.877. The zero-order valence-electron chi connectivity index (χ0n) is 12.9. The van der Waals surface area contributed by atoms with E-state index in [0.29, 0.717) is 12.1 Å². The molecular formula is C18H18N2O2. The maximum Gasteiger partial charge on any atom is 0.333 e. The van der Waals surface area contributed by atoms with Crippen LogP contribution >= 0.6 is 0 Å². The Balaban J connectivity index is 2.42. The van der Waals surface area contributed by atoms with E-state index < -0.39 is 5.97 Å². The molecule has 112 valence electrons. The lowest BCUT2D eigenvalue weighted by atomic mass is 10.0. The maximum atomic E-state index is 11.6. The number of aryl methyl sites for hydroxylation is 1. The Labute approximate surface area is 129 Å². The predicted octanol–water partition coefficient (Wildman–Crippen LogP) is 3.34. The molecule has 0 amide bonds. The summed E-state index contributed by atoms with van der Waals surface area (Å²) in [6.45, 7) is 4.32. The number of benzene rings is 1. The fourth-order valence-corrected chi connectivity index (χ4v) is 3.14. The first-order chi connectivity index (χ1) is 10.6. The van der Waals surface area contributed by atoms with Crippen LogP contribution in [0.3, 0.4) is 0 Å². The van der Waals surface area contributed by atoms with Gasteiger partial charge in [-0.3, -0.25) is 4.99 Å². The monoisotopic (exact) mass is 294 g/mol. The third kappa shape index (κ3) is 1.99. The molecular weight excluding hydrogens is 276 g/mol. The lowest BCUT2D eigenvalue weighted by molar-refractivity contribution is -0.132. The molecule has 0 unspecified atom stereocenters. The topological polar surface area (TPSA) is 54.6 Å². The van der Waals surface area contributed by atoms with Crippen molar-refractivity contribution < 1.29 is 9.90 Å². The zero-order chi connectivity index (χ0) is 15.9. The minimum absolute atomic E-state index is 0.343. The largest absolute Gasteiger partial charge is 0.478 e. The van der Waals surface area contributed by atoms with E-state index in [1.54, 1.807) is 13.1 Å². The summed E-state index contributed by atoms with van der Waals surface area (Å²) in [5, 5.41) is 10.6. The summed E-state index contributed by atoms with van der Waals surface area (Å²) < 4.78 is 2.06. The first kappa shape index (κ1) is 14.3. The summed E-state index contributed by atoms with van der Waals surface area (Å²) in [4.78, 5) is 16.0. The Morgan fingerprint density at radius 2 is 2.09 bits per heavy atom. The first-order valence-electron chi connectivity index (χ1n) is 7.24. The Morgan fingerprint density at radius 1 is 1.36 bits per heavy atom. The molecule has 1 aliphatic rings. The van der Waals surface area contributed by atoms with Gasteiger partial charge in [0.1, 0.15) is 0 Å². The van der Waals surface area contributed by atoms with Crippen molar-refractivity contribution in [2.45, 2.75) is 20.4 Å². The molecule has 0 atom stereocenters. The molecule has 4 heteroatoms. The highest BCUT2D eigenvalue weighted by molar-refractivity contribution is 6.18. The number of nitrogens with zero attached hydrogens (tertiary/aromatic N) is 2. The van der Waals surface area contributed by atoms with Gasteiger partial charge in [-0.05, 0) is 37.1 Å². The van der Waals surface area contributed by atoms with Crippen molar-refractivity contribution in [1.29, 1.82) is 0 Å². The summed E-state index contributed by atoms with van der Waals surface area (Å²) in [6, 6.07) is 8.07. The molecule has 1 aliphatic heterocycles. The number of aliphatic imine (C=N–C) groups is 1. The number of aliphatic carboxylic acids is 1. The van der Waals surface area contributed by atoms with Crippen LogP contribution in [0.1, 0.15) is 18.2 Å². The molecule has 1 N–H and O–H groups in total. The summed E-state index contributed by atoms with van der Waals surface area (Å²) in [5.74, 6) is -0.891. The molecule has 1 aromatic carbocycles. The molecule has 22 heavy (non-hydrogen) atoms. The molecule has 2 heterocycles. The van der Waals surface area contributed by atoms with Gasteiger partial charge in [-0.1, -0.05) is 24.3 Å². The normalized spacial score (nSPS) is 18.4. The molecule has 0 spiro atoms. The van der Waals surface area contributed by atoms with Crippen LogP contribution in [0.2, 0.25) is 0 Å². The van der Waals surface area contributed by atoms with Crippen LogP contribution in [-0.2, 0) is 11.3 Å². The van der Waals surface area contributed by atoms with Crippen LogP contribution in [0.15, 0.2) is 52.6 Å². The van der Waals surface area contributed by atoms with Crippen LogP contribution < -0.4 is 0 Å². The first-order valence-corrected chi connectivity index (χ1v) is 7.24. The second kappa shape index (κ2) is 5.30. The number of fused-ring (bicyclic) bond motifs is 3. The Bertz CT molecular complexity index is 867. The van der Waals surface area contributed by atoms with Gasteiger partial charge in [0.15, 0.2) is 0 Å². The van der Waals surface area contributed by atoms with Crippen molar-refractivity contribution in [2.75, 3.05) is 7.05 Å². The lowest BCUT2D eigenvalue weighted by Gasteiger charge is -2.10. The highest BCUT2D eigenvalue weighted by Crippen LogP contribution is 2.31. The highest BCUT2D eigenvalue weighted by Gasteiger charge is 2.25. The fourth-order valence-electron chi connectivity index (χ4n) is 3.14. The van der Waals surface area contributed by atoms with Gasteiger partial charge in [0.05, 0.1) is 23.5 Å². The molecule has 2 aromatic rings. The number of carbonyl (C=O) groups is 1. The van der Waals surface area contributed by atoms with Gasteiger partial charge in [0.2, 0.25) is 0 Å². The van der Waals surface area contributed by atoms with E-state index in [-0.39, 0.29) is 0 Å². The molecule has 0 fully saturated rings. The zero-order valence-corrected chi connectivity index (χ0v) is 12.9. The minimum atomic E-state index is -0.891. The third-order valence-electron chi connectivity index (χ3n) is 4.19.